The number of aryl methyl sites for hydroxylation is 2. The molecule has 1 aliphatic heterocycles. The van der Waals surface area contributed by atoms with E-state index in [0.717, 1.165) is 46.6 Å². The molecule has 0 bridgehead atoms. The van der Waals surface area contributed by atoms with Crippen LogP contribution in [0.4, 0.5) is 0 Å². The summed E-state index contributed by atoms with van der Waals surface area (Å²) in [5.41, 5.74) is 1.06. The molecule has 2 aromatic heterocycles. The fourth-order valence-electron chi connectivity index (χ4n) is 3.31. The van der Waals surface area contributed by atoms with Gasteiger partial charge in [0.25, 0.3) is 5.56 Å². The van der Waals surface area contributed by atoms with Crippen LogP contribution in [-0.2, 0) is 11.3 Å². The molecular weight excluding hydrogens is 366 g/mol. The summed E-state index contributed by atoms with van der Waals surface area (Å²) in [6, 6.07) is 0. The number of thioether (sulfide) groups is 1. The number of piperidine rings is 1. The van der Waals surface area contributed by atoms with Gasteiger partial charge in [0.1, 0.15) is 4.83 Å². The van der Waals surface area contributed by atoms with E-state index in [1.807, 2.05) is 18.7 Å². The first-order chi connectivity index (χ1) is 12.4. The maximum Gasteiger partial charge on any atom is 0.263 e. The van der Waals surface area contributed by atoms with Gasteiger partial charge in [-0.15, -0.1) is 11.3 Å². The average Bonchev–Trinajstić information content (AvgIpc) is 2.90. The molecule has 3 heterocycles. The van der Waals surface area contributed by atoms with Gasteiger partial charge in [0, 0.05) is 24.5 Å². The zero-order chi connectivity index (χ0) is 18.8. The Hall–Kier alpha value is -1.34. The number of amides is 1. The van der Waals surface area contributed by atoms with Gasteiger partial charge in [-0.05, 0) is 44.6 Å². The molecule has 1 amide bonds. The van der Waals surface area contributed by atoms with Crippen LogP contribution in [0.5, 0.6) is 0 Å². The Balaban J connectivity index is 1.90. The van der Waals surface area contributed by atoms with Gasteiger partial charge in [0.15, 0.2) is 5.16 Å². The normalized spacial score (nSPS) is 15.2. The van der Waals surface area contributed by atoms with Gasteiger partial charge < -0.3 is 4.90 Å². The van der Waals surface area contributed by atoms with Crippen LogP contribution in [0.2, 0.25) is 0 Å². The monoisotopic (exact) mass is 393 g/mol. The highest BCUT2D eigenvalue weighted by molar-refractivity contribution is 7.99. The first kappa shape index (κ1) is 19.4. The van der Waals surface area contributed by atoms with Crippen molar-refractivity contribution < 1.29 is 4.79 Å². The highest BCUT2D eigenvalue weighted by Crippen LogP contribution is 2.29. The predicted molar refractivity (Wildman–Crippen MR) is 109 cm³/mol. The number of thiophene rings is 1. The van der Waals surface area contributed by atoms with Crippen LogP contribution < -0.4 is 5.56 Å². The Bertz CT molecular complexity index is 864. The summed E-state index contributed by atoms with van der Waals surface area (Å²) >= 11 is 2.97. The van der Waals surface area contributed by atoms with E-state index >= 15 is 0 Å². The number of hydrogen-bond acceptors (Lipinski definition) is 5. The number of fused-ring (bicyclic) bond motifs is 1. The second kappa shape index (κ2) is 8.13. The van der Waals surface area contributed by atoms with E-state index in [4.69, 9.17) is 4.98 Å². The van der Waals surface area contributed by atoms with Crippen LogP contribution >= 0.6 is 23.1 Å². The summed E-state index contributed by atoms with van der Waals surface area (Å²) in [5, 5.41) is 1.41. The van der Waals surface area contributed by atoms with Crippen molar-refractivity contribution >= 4 is 39.2 Å². The van der Waals surface area contributed by atoms with Crippen molar-refractivity contribution in [1.29, 1.82) is 0 Å². The third-order valence-corrected chi connectivity index (χ3v) is 6.90. The zero-order valence-corrected chi connectivity index (χ0v) is 17.6. The number of rotatable bonds is 5. The summed E-state index contributed by atoms with van der Waals surface area (Å²) in [7, 11) is 0. The van der Waals surface area contributed by atoms with E-state index in [9.17, 15) is 9.59 Å². The molecular formula is C19H27N3O2S2. The standard InChI is InChI=1S/C19H27N3O2S2/c1-12(2)10-22-18(24)16-13(3)14(4)26-17(16)20-19(22)25-11-15(23)21-8-6-5-7-9-21/h12H,5-11H2,1-4H3. The van der Waals surface area contributed by atoms with E-state index in [1.54, 1.807) is 15.9 Å². The lowest BCUT2D eigenvalue weighted by atomic mass is 10.1. The van der Waals surface area contributed by atoms with Crippen LogP contribution in [0.25, 0.3) is 10.2 Å². The van der Waals surface area contributed by atoms with Crippen molar-refractivity contribution in [2.45, 2.75) is 58.7 Å². The lowest BCUT2D eigenvalue weighted by Gasteiger charge is -2.26. The van der Waals surface area contributed by atoms with Crippen LogP contribution in [0, 0.1) is 19.8 Å². The lowest BCUT2D eigenvalue weighted by molar-refractivity contribution is -0.129. The summed E-state index contributed by atoms with van der Waals surface area (Å²) in [4.78, 5) is 34.2. The molecule has 1 saturated heterocycles. The van der Waals surface area contributed by atoms with Crippen LogP contribution in [0.15, 0.2) is 9.95 Å². The average molecular weight is 394 g/mol. The molecule has 0 radical (unpaired) electrons. The molecule has 1 fully saturated rings. The number of likely N-dealkylation sites (tertiary alicyclic amines) is 1. The van der Waals surface area contributed by atoms with Crippen LogP contribution in [0.3, 0.4) is 0 Å². The Kier molecular flexibility index (Phi) is 6.07. The smallest absolute Gasteiger partial charge is 0.263 e. The zero-order valence-electron chi connectivity index (χ0n) is 16.0. The molecule has 0 spiro atoms. The number of nitrogens with zero attached hydrogens (tertiary/aromatic N) is 3. The molecule has 0 aromatic carbocycles. The SMILES string of the molecule is Cc1sc2nc(SCC(=O)N3CCCCC3)n(CC(C)C)c(=O)c2c1C. The minimum absolute atomic E-state index is 0.0264. The Morgan fingerprint density at radius 2 is 1.92 bits per heavy atom. The van der Waals surface area contributed by atoms with Gasteiger partial charge >= 0.3 is 0 Å². The highest BCUT2D eigenvalue weighted by Gasteiger charge is 2.20. The van der Waals surface area contributed by atoms with E-state index < -0.39 is 0 Å². The molecule has 1 aliphatic rings. The number of hydrogen-bond donors (Lipinski definition) is 0. The van der Waals surface area contributed by atoms with Gasteiger partial charge in [0.2, 0.25) is 5.91 Å². The molecule has 0 atom stereocenters. The summed E-state index contributed by atoms with van der Waals surface area (Å²) < 4.78 is 1.76. The highest BCUT2D eigenvalue weighted by atomic mass is 32.2. The molecule has 142 valence electrons. The Morgan fingerprint density at radius 1 is 1.23 bits per heavy atom. The van der Waals surface area contributed by atoms with Gasteiger partial charge in [-0.25, -0.2) is 4.98 Å². The molecule has 0 unspecified atom stereocenters. The maximum atomic E-state index is 13.1. The van der Waals surface area contributed by atoms with Crippen molar-refractivity contribution in [2.24, 2.45) is 5.92 Å². The van der Waals surface area contributed by atoms with E-state index in [2.05, 4.69) is 13.8 Å². The third-order valence-electron chi connectivity index (χ3n) is 4.84. The minimum atomic E-state index is 0.0264. The Morgan fingerprint density at radius 3 is 2.58 bits per heavy atom. The van der Waals surface area contributed by atoms with Gasteiger partial charge in [-0.1, -0.05) is 25.6 Å². The molecule has 0 N–H and O–H groups in total. The van der Waals surface area contributed by atoms with Crippen LogP contribution in [0.1, 0.15) is 43.6 Å². The van der Waals surface area contributed by atoms with Crippen molar-refractivity contribution in [2.75, 3.05) is 18.8 Å². The fourth-order valence-corrected chi connectivity index (χ4v) is 5.29. The lowest BCUT2D eigenvalue weighted by Crippen LogP contribution is -2.37. The Labute approximate surface area is 162 Å². The first-order valence-electron chi connectivity index (χ1n) is 9.29. The van der Waals surface area contributed by atoms with Gasteiger partial charge in [0.05, 0.1) is 11.1 Å². The molecule has 2 aromatic rings. The number of carbonyl (C=O) groups is 1. The molecule has 0 saturated carbocycles. The molecule has 5 nitrogen and oxygen atoms in total. The fraction of sp³-hybridized carbons (Fsp3) is 0.632. The van der Waals surface area contributed by atoms with Crippen molar-refractivity contribution in [3.8, 4) is 0 Å². The predicted octanol–water partition coefficient (Wildman–Crippen LogP) is 3.84. The third kappa shape index (κ3) is 3.98. The van der Waals surface area contributed by atoms with E-state index in [0.29, 0.717) is 23.4 Å². The summed E-state index contributed by atoms with van der Waals surface area (Å²) in [6.45, 7) is 10.5. The van der Waals surface area contributed by atoms with Crippen LogP contribution in [-0.4, -0.2) is 39.2 Å². The van der Waals surface area contributed by atoms with Gasteiger partial charge in [-0.2, -0.15) is 0 Å². The van der Waals surface area contributed by atoms with E-state index in [-0.39, 0.29) is 11.5 Å². The molecule has 26 heavy (non-hydrogen) atoms. The molecule has 7 heteroatoms. The molecule has 3 rings (SSSR count). The largest absolute Gasteiger partial charge is 0.342 e. The maximum absolute atomic E-state index is 13.1. The first-order valence-corrected chi connectivity index (χ1v) is 11.1. The number of carbonyl (C=O) groups excluding carboxylic acids is 1. The quantitative estimate of drug-likeness (QED) is 0.572. The van der Waals surface area contributed by atoms with Crippen molar-refractivity contribution in [3.63, 3.8) is 0 Å². The van der Waals surface area contributed by atoms with Crippen molar-refractivity contribution in [1.82, 2.24) is 14.5 Å². The topological polar surface area (TPSA) is 55.2 Å². The second-order valence-electron chi connectivity index (χ2n) is 7.40. The number of aromatic nitrogens is 2. The molecule has 0 aliphatic carbocycles. The second-order valence-corrected chi connectivity index (χ2v) is 9.54. The van der Waals surface area contributed by atoms with Gasteiger partial charge in [-0.3, -0.25) is 14.2 Å². The summed E-state index contributed by atoms with van der Waals surface area (Å²) in [5.74, 6) is 0.835. The minimum Gasteiger partial charge on any atom is -0.342 e. The van der Waals surface area contributed by atoms with E-state index in [1.165, 1.54) is 18.2 Å². The van der Waals surface area contributed by atoms with Crippen molar-refractivity contribution in [3.05, 3.63) is 20.8 Å². The summed E-state index contributed by atoms with van der Waals surface area (Å²) in [6.07, 6.45) is 3.39.